The van der Waals surface area contributed by atoms with Crippen molar-refractivity contribution in [2.75, 3.05) is 20.6 Å². The summed E-state index contributed by atoms with van der Waals surface area (Å²) in [5.74, 6) is 0.630. The zero-order valence-corrected chi connectivity index (χ0v) is 11.0. The van der Waals surface area contributed by atoms with E-state index in [1.165, 1.54) is 14.1 Å². The minimum Gasteiger partial charge on any atom is -0.389 e. The Bertz CT molecular complexity index is 319. The standard InChI is InChI=1S/C10H22N2O3S/c1-9-4-6-10(13,7-5-9)8-11-16(14,15)12(2)3/h9,11,13H,4-8H2,1-3H3. The van der Waals surface area contributed by atoms with Gasteiger partial charge in [-0.15, -0.1) is 0 Å². The van der Waals surface area contributed by atoms with Crippen LogP contribution >= 0.6 is 0 Å². The van der Waals surface area contributed by atoms with E-state index in [9.17, 15) is 13.5 Å². The fourth-order valence-corrected chi connectivity index (χ4v) is 2.54. The van der Waals surface area contributed by atoms with Crippen LogP contribution in [0.25, 0.3) is 0 Å². The quantitative estimate of drug-likeness (QED) is 0.755. The van der Waals surface area contributed by atoms with Crippen molar-refractivity contribution >= 4 is 10.2 Å². The van der Waals surface area contributed by atoms with E-state index in [2.05, 4.69) is 11.6 Å². The molecule has 0 heterocycles. The predicted octanol–water partition coefficient (Wildman–Crippen LogP) is 0.324. The predicted molar refractivity (Wildman–Crippen MR) is 63.2 cm³/mol. The lowest BCUT2D eigenvalue weighted by molar-refractivity contribution is -0.00203. The van der Waals surface area contributed by atoms with Crippen molar-refractivity contribution in [2.24, 2.45) is 5.92 Å². The number of nitrogens with one attached hydrogen (secondary N) is 1. The van der Waals surface area contributed by atoms with E-state index in [-0.39, 0.29) is 6.54 Å². The van der Waals surface area contributed by atoms with Crippen LogP contribution < -0.4 is 4.72 Å². The first-order chi connectivity index (χ1) is 7.25. The number of rotatable bonds is 4. The Labute approximate surface area is 98.0 Å². The monoisotopic (exact) mass is 250 g/mol. The van der Waals surface area contributed by atoms with Crippen molar-refractivity contribution in [2.45, 2.75) is 38.2 Å². The van der Waals surface area contributed by atoms with Gasteiger partial charge in [0.1, 0.15) is 0 Å². The molecule has 1 fully saturated rings. The first-order valence-corrected chi connectivity index (χ1v) is 7.09. The highest BCUT2D eigenvalue weighted by atomic mass is 32.2. The third-order valence-electron chi connectivity index (χ3n) is 3.27. The summed E-state index contributed by atoms with van der Waals surface area (Å²) in [6.45, 7) is 2.27. The molecule has 0 aromatic carbocycles. The van der Waals surface area contributed by atoms with E-state index in [1.807, 2.05) is 0 Å². The average molecular weight is 250 g/mol. The third kappa shape index (κ3) is 3.69. The van der Waals surface area contributed by atoms with Gasteiger partial charge in [-0.2, -0.15) is 17.4 Å². The second-order valence-electron chi connectivity index (χ2n) is 5.02. The lowest BCUT2D eigenvalue weighted by atomic mass is 9.80. The Kier molecular flexibility index (Phi) is 4.34. The zero-order valence-electron chi connectivity index (χ0n) is 10.2. The van der Waals surface area contributed by atoms with E-state index in [0.29, 0.717) is 18.8 Å². The summed E-state index contributed by atoms with van der Waals surface area (Å²) < 4.78 is 26.5. The van der Waals surface area contributed by atoms with E-state index in [1.54, 1.807) is 0 Å². The van der Waals surface area contributed by atoms with Crippen molar-refractivity contribution in [1.82, 2.24) is 9.03 Å². The molecule has 2 N–H and O–H groups in total. The molecule has 1 saturated carbocycles. The summed E-state index contributed by atoms with van der Waals surface area (Å²) in [4.78, 5) is 0. The van der Waals surface area contributed by atoms with Crippen LogP contribution in [0.5, 0.6) is 0 Å². The third-order valence-corrected chi connectivity index (χ3v) is 4.74. The molecule has 0 radical (unpaired) electrons. The first kappa shape index (κ1) is 13.9. The first-order valence-electron chi connectivity index (χ1n) is 5.65. The minimum atomic E-state index is -3.43. The van der Waals surface area contributed by atoms with Crippen LogP contribution in [0.1, 0.15) is 32.6 Å². The van der Waals surface area contributed by atoms with Crippen LogP contribution in [0.4, 0.5) is 0 Å². The number of hydrogen-bond acceptors (Lipinski definition) is 3. The highest BCUT2D eigenvalue weighted by molar-refractivity contribution is 7.87. The Morgan fingerprint density at radius 3 is 2.31 bits per heavy atom. The molecule has 0 saturated heterocycles. The van der Waals surface area contributed by atoms with Crippen LogP contribution in [0.2, 0.25) is 0 Å². The lowest BCUT2D eigenvalue weighted by Gasteiger charge is -2.35. The van der Waals surface area contributed by atoms with Crippen LogP contribution in [-0.4, -0.2) is 44.1 Å². The van der Waals surface area contributed by atoms with Gasteiger partial charge in [-0.1, -0.05) is 6.92 Å². The Morgan fingerprint density at radius 1 is 1.38 bits per heavy atom. The SMILES string of the molecule is CC1CCC(O)(CNS(=O)(=O)N(C)C)CC1. The van der Waals surface area contributed by atoms with Gasteiger partial charge in [-0.25, -0.2) is 0 Å². The molecule has 1 rings (SSSR count). The smallest absolute Gasteiger partial charge is 0.279 e. The minimum absolute atomic E-state index is 0.111. The van der Waals surface area contributed by atoms with Crippen LogP contribution in [-0.2, 0) is 10.2 Å². The van der Waals surface area contributed by atoms with Gasteiger partial charge in [-0.3, -0.25) is 0 Å². The van der Waals surface area contributed by atoms with Gasteiger partial charge in [0, 0.05) is 20.6 Å². The topological polar surface area (TPSA) is 69.6 Å². The molecule has 1 aliphatic rings. The average Bonchev–Trinajstić information content (AvgIpc) is 2.20. The van der Waals surface area contributed by atoms with Gasteiger partial charge in [0.15, 0.2) is 0 Å². The molecular formula is C10H22N2O3S. The van der Waals surface area contributed by atoms with Crippen LogP contribution in [0.3, 0.4) is 0 Å². The van der Waals surface area contributed by atoms with Crippen molar-refractivity contribution in [1.29, 1.82) is 0 Å². The lowest BCUT2D eigenvalue weighted by Crippen LogP contribution is -2.47. The van der Waals surface area contributed by atoms with Crippen molar-refractivity contribution in [3.8, 4) is 0 Å². The molecule has 5 nitrogen and oxygen atoms in total. The molecule has 1 aliphatic carbocycles. The Morgan fingerprint density at radius 2 is 1.88 bits per heavy atom. The molecular weight excluding hydrogens is 228 g/mol. The molecule has 6 heteroatoms. The molecule has 0 amide bonds. The van der Waals surface area contributed by atoms with E-state index >= 15 is 0 Å². The Hall–Kier alpha value is -0.170. The normalized spacial score (nSPS) is 31.9. The summed E-state index contributed by atoms with van der Waals surface area (Å²) in [7, 11) is -0.491. The molecule has 0 aliphatic heterocycles. The molecule has 0 aromatic rings. The van der Waals surface area contributed by atoms with Crippen LogP contribution in [0, 0.1) is 5.92 Å². The van der Waals surface area contributed by atoms with Crippen LogP contribution in [0.15, 0.2) is 0 Å². The fraction of sp³-hybridized carbons (Fsp3) is 1.00. The maximum Gasteiger partial charge on any atom is 0.279 e. The fourth-order valence-electron chi connectivity index (χ4n) is 1.83. The van der Waals surface area contributed by atoms with Gasteiger partial charge < -0.3 is 5.11 Å². The molecule has 0 unspecified atom stereocenters. The second kappa shape index (κ2) is 5.00. The summed E-state index contributed by atoms with van der Waals surface area (Å²) >= 11 is 0. The zero-order chi connectivity index (χ0) is 12.4. The number of hydrogen-bond donors (Lipinski definition) is 2. The summed E-state index contributed by atoms with van der Waals surface area (Å²) in [5.41, 5.74) is -0.865. The maximum atomic E-state index is 11.5. The Balaban J connectivity index is 2.49. The number of nitrogens with zero attached hydrogens (tertiary/aromatic N) is 1. The largest absolute Gasteiger partial charge is 0.389 e. The highest BCUT2D eigenvalue weighted by Gasteiger charge is 2.33. The summed E-state index contributed by atoms with van der Waals surface area (Å²) in [5, 5.41) is 10.2. The van der Waals surface area contributed by atoms with Gasteiger partial charge in [-0.05, 0) is 31.6 Å². The molecule has 0 atom stereocenters. The molecule has 0 aromatic heterocycles. The van der Waals surface area contributed by atoms with Gasteiger partial charge in [0.25, 0.3) is 10.2 Å². The highest BCUT2D eigenvalue weighted by Crippen LogP contribution is 2.31. The summed E-state index contributed by atoms with van der Waals surface area (Å²) in [6.07, 6.45) is 3.26. The summed E-state index contributed by atoms with van der Waals surface area (Å²) in [6, 6.07) is 0. The van der Waals surface area contributed by atoms with Gasteiger partial charge >= 0.3 is 0 Å². The molecule has 16 heavy (non-hydrogen) atoms. The van der Waals surface area contributed by atoms with Crippen molar-refractivity contribution in [3.05, 3.63) is 0 Å². The van der Waals surface area contributed by atoms with Crippen molar-refractivity contribution < 1.29 is 13.5 Å². The molecule has 0 bridgehead atoms. The van der Waals surface area contributed by atoms with Crippen molar-refractivity contribution in [3.63, 3.8) is 0 Å². The molecule has 96 valence electrons. The number of aliphatic hydroxyl groups is 1. The van der Waals surface area contributed by atoms with E-state index in [4.69, 9.17) is 0 Å². The molecule has 0 spiro atoms. The van der Waals surface area contributed by atoms with Gasteiger partial charge in [0.2, 0.25) is 0 Å². The van der Waals surface area contributed by atoms with E-state index < -0.39 is 15.8 Å². The maximum absolute atomic E-state index is 11.5. The second-order valence-corrected chi connectivity index (χ2v) is 6.98. The van der Waals surface area contributed by atoms with E-state index in [0.717, 1.165) is 17.1 Å². The van der Waals surface area contributed by atoms with Gasteiger partial charge in [0.05, 0.1) is 5.60 Å².